The first-order chi connectivity index (χ1) is 16.9. The summed E-state index contributed by atoms with van der Waals surface area (Å²) in [5.74, 6) is 0.0655. The molecule has 1 aliphatic rings. The Bertz CT molecular complexity index is 1360. The van der Waals surface area contributed by atoms with Gasteiger partial charge in [-0.15, -0.1) is 19.0 Å². The molecular weight excluding hydrogens is 476 g/mol. The smallest absolute Gasteiger partial charge is 0.395 e. The second-order valence-corrected chi connectivity index (χ2v) is 8.51. The Balaban J connectivity index is 1.35. The highest BCUT2D eigenvalue weighted by molar-refractivity contribution is 7.99. The highest BCUT2D eigenvalue weighted by Gasteiger charge is 2.43. The number of carbonyl (C=O) groups is 1. The fourth-order valence-electron chi connectivity index (χ4n) is 3.52. The summed E-state index contributed by atoms with van der Waals surface area (Å²) in [6.45, 7) is 2.09. The van der Waals surface area contributed by atoms with Crippen LogP contribution >= 0.6 is 11.8 Å². The first kappa shape index (κ1) is 22.8. The predicted octanol–water partition coefficient (Wildman–Crippen LogP) is 4.94. The fraction of sp³-hybridized carbons (Fsp3) is 0.167. The Morgan fingerprint density at radius 3 is 2.51 bits per heavy atom. The molecule has 2 aromatic heterocycles. The largest absolute Gasteiger partial charge is 0.586 e. The predicted molar refractivity (Wildman–Crippen MR) is 126 cm³/mol. The average molecular weight is 496 g/mol. The lowest BCUT2D eigenvalue weighted by molar-refractivity contribution is -0.286. The van der Waals surface area contributed by atoms with Crippen LogP contribution in [0.5, 0.6) is 11.5 Å². The van der Waals surface area contributed by atoms with Gasteiger partial charge in [0.15, 0.2) is 22.5 Å². The van der Waals surface area contributed by atoms with Crippen molar-refractivity contribution in [2.24, 2.45) is 0 Å². The quantitative estimate of drug-likeness (QED) is 0.363. The van der Waals surface area contributed by atoms with Crippen molar-refractivity contribution in [1.29, 1.82) is 0 Å². The summed E-state index contributed by atoms with van der Waals surface area (Å²) in [4.78, 5) is 16.7. The number of thioether (sulfide) groups is 1. The number of amides is 1. The van der Waals surface area contributed by atoms with Crippen LogP contribution in [0.2, 0.25) is 0 Å². The van der Waals surface area contributed by atoms with Gasteiger partial charge in [0.1, 0.15) is 0 Å². The number of nitrogens with one attached hydrogen (secondary N) is 1. The molecule has 2 aromatic carbocycles. The van der Waals surface area contributed by atoms with Crippen LogP contribution in [0.4, 0.5) is 14.5 Å². The van der Waals surface area contributed by atoms with Gasteiger partial charge in [-0.1, -0.05) is 30.8 Å². The Hall–Kier alpha value is -3.99. The van der Waals surface area contributed by atoms with Crippen LogP contribution in [0, 0.1) is 0 Å². The van der Waals surface area contributed by atoms with Crippen molar-refractivity contribution < 1.29 is 23.0 Å². The third kappa shape index (κ3) is 4.94. The van der Waals surface area contributed by atoms with Crippen molar-refractivity contribution in [1.82, 2.24) is 19.7 Å². The number of fused-ring (bicyclic) bond motifs is 1. The molecule has 5 rings (SSSR count). The number of carbonyl (C=O) groups excluding carboxylic acids is 1. The minimum absolute atomic E-state index is 0.0200. The summed E-state index contributed by atoms with van der Waals surface area (Å²) < 4.78 is 37.2. The minimum atomic E-state index is -3.72. The Morgan fingerprint density at radius 2 is 1.77 bits per heavy atom. The molecule has 1 amide bonds. The summed E-state index contributed by atoms with van der Waals surface area (Å²) in [5, 5.41) is 11.9. The van der Waals surface area contributed by atoms with Crippen molar-refractivity contribution in [2.45, 2.75) is 24.8 Å². The number of benzene rings is 2. The number of halogens is 2. The molecule has 0 aliphatic carbocycles. The number of aromatic nitrogens is 4. The van der Waals surface area contributed by atoms with Gasteiger partial charge in [-0.3, -0.25) is 14.3 Å². The van der Waals surface area contributed by atoms with Gasteiger partial charge in [0.2, 0.25) is 5.91 Å². The normalized spacial score (nSPS) is 13.6. The molecule has 4 aromatic rings. The molecule has 0 spiro atoms. The minimum Gasteiger partial charge on any atom is -0.395 e. The number of hydrogen-bond donors (Lipinski definition) is 1. The zero-order chi connectivity index (χ0) is 24.4. The Kier molecular flexibility index (Phi) is 6.08. The van der Waals surface area contributed by atoms with E-state index in [4.69, 9.17) is 0 Å². The number of ether oxygens (including phenoxy) is 2. The highest BCUT2D eigenvalue weighted by atomic mass is 32.2. The number of nitrogens with zero attached hydrogens (tertiary/aromatic N) is 4. The summed E-state index contributed by atoms with van der Waals surface area (Å²) in [5.41, 5.74) is 3.20. The molecule has 11 heteroatoms. The fourth-order valence-corrected chi connectivity index (χ4v) is 4.27. The number of aryl methyl sites for hydroxylation is 1. The molecule has 35 heavy (non-hydrogen) atoms. The number of rotatable bonds is 7. The van der Waals surface area contributed by atoms with E-state index in [-0.39, 0.29) is 23.2 Å². The lowest BCUT2D eigenvalue weighted by Crippen LogP contribution is -2.25. The maximum absolute atomic E-state index is 13.2. The van der Waals surface area contributed by atoms with Gasteiger partial charge in [-0.25, -0.2) is 0 Å². The van der Waals surface area contributed by atoms with E-state index in [0.717, 1.165) is 17.7 Å². The average Bonchev–Trinajstić information content (AvgIpc) is 3.42. The van der Waals surface area contributed by atoms with Crippen LogP contribution in [-0.2, 0) is 11.2 Å². The molecular formula is C24H19F2N5O3S. The molecule has 0 unspecified atom stereocenters. The van der Waals surface area contributed by atoms with Gasteiger partial charge in [0, 0.05) is 35.4 Å². The van der Waals surface area contributed by atoms with E-state index in [1.807, 2.05) is 41.0 Å². The molecule has 0 atom stereocenters. The molecule has 0 fully saturated rings. The highest BCUT2D eigenvalue weighted by Crippen LogP contribution is 2.42. The van der Waals surface area contributed by atoms with Gasteiger partial charge in [0.25, 0.3) is 0 Å². The molecule has 0 saturated heterocycles. The van der Waals surface area contributed by atoms with Crippen molar-refractivity contribution in [3.63, 3.8) is 0 Å². The lowest BCUT2D eigenvalue weighted by Gasteiger charge is -2.11. The number of pyridine rings is 1. The first-order valence-electron chi connectivity index (χ1n) is 10.7. The van der Waals surface area contributed by atoms with Gasteiger partial charge in [-0.2, -0.15) is 0 Å². The van der Waals surface area contributed by atoms with Crippen LogP contribution in [0.1, 0.15) is 12.5 Å². The second kappa shape index (κ2) is 9.34. The zero-order valence-corrected chi connectivity index (χ0v) is 19.3. The second-order valence-electron chi connectivity index (χ2n) is 7.56. The molecule has 0 bridgehead atoms. The number of hydrogen-bond acceptors (Lipinski definition) is 7. The van der Waals surface area contributed by atoms with Crippen LogP contribution in [-0.4, -0.2) is 37.7 Å². The van der Waals surface area contributed by atoms with Crippen LogP contribution in [0.3, 0.4) is 0 Å². The van der Waals surface area contributed by atoms with E-state index in [1.165, 1.54) is 35.5 Å². The zero-order valence-electron chi connectivity index (χ0n) is 18.4. The molecule has 8 nitrogen and oxygen atoms in total. The molecule has 178 valence electrons. The maximum atomic E-state index is 13.2. The molecule has 3 heterocycles. The number of anilines is 1. The summed E-state index contributed by atoms with van der Waals surface area (Å²) in [6, 6.07) is 15.8. The monoisotopic (exact) mass is 495 g/mol. The van der Waals surface area contributed by atoms with Crippen molar-refractivity contribution >= 4 is 23.4 Å². The van der Waals surface area contributed by atoms with Crippen LogP contribution in [0.25, 0.3) is 17.1 Å². The van der Waals surface area contributed by atoms with Crippen LogP contribution in [0.15, 0.2) is 72.1 Å². The summed E-state index contributed by atoms with van der Waals surface area (Å²) >= 11 is 1.21. The molecule has 0 radical (unpaired) electrons. The van der Waals surface area contributed by atoms with Gasteiger partial charge >= 0.3 is 6.29 Å². The summed E-state index contributed by atoms with van der Waals surface area (Å²) in [7, 11) is 0. The molecule has 1 aliphatic heterocycles. The van der Waals surface area contributed by atoms with E-state index in [1.54, 1.807) is 12.4 Å². The topological polar surface area (TPSA) is 91.2 Å². The van der Waals surface area contributed by atoms with Crippen molar-refractivity contribution in [3.8, 4) is 28.6 Å². The number of alkyl halides is 2. The van der Waals surface area contributed by atoms with E-state index in [9.17, 15) is 13.6 Å². The van der Waals surface area contributed by atoms with Crippen molar-refractivity contribution in [3.05, 3.63) is 72.6 Å². The van der Waals surface area contributed by atoms with E-state index in [2.05, 4.69) is 36.9 Å². The maximum Gasteiger partial charge on any atom is 0.586 e. The van der Waals surface area contributed by atoms with Gasteiger partial charge < -0.3 is 14.8 Å². The molecule has 0 saturated carbocycles. The van der Waals surface area contributed by atoms with Gasteiger partial charge in [-0.05, 0) is 48.4 Å². The van der Waals surface area contributed by atoms with E-state index in [0.29, 0.717) is 16.7 Å². The Labute approximate surface area is 203 Å². The third-order valence-corrected chi connectivity index (χ3v) is 6.12. The van der Waals surface area contributed by atoms with E-state index >= 15 is 0 Å². The first-order valence-corrected chi connectivity index (χ1v) is 11.7. The van der Waals surface area contributed by atoms with Gasteiger partial charge in [0.05, 0.1) is 5.75 Å². The standard InChI is InChI=1S/C24H19F2N5O3S/c1-2-15-3-6-18(7-4-15)31-22(16-9-11-27-12-10-16)29-30-23(31)35-14-21(32)28-17-5-8-19-20(13-17)34-24(25,26)33-19/h3-13H,2,14H2,1H3,(H,28,32). The SMILES string of the molecule is CCc1ccc(-n2c(SCC(=O)Nc3ccc4c(c3)OC(F)(F)O4)nnc2-c2ccncc2)cc1. The third-order valence-electron chi connectivity index (χ3n) is 5.19. The Morgan fingerprint density at radius 1 is 1.03 bits per heavy atom. The molecule has 1 N–H and O–H groups in total. The summed E-state index contributed by atoms with van der Waals surface area (Å²) in [6.07, 6.45) is 0.553. The lowest BCUT2D eigenvalue weighted by atomic mass is 10.1. The van der Waals surface area contributed by atoms with Crippen molar-refractivity contribution in [2.75, 3.05) is 11.1 Å². The van der Waals surface area contributed by atoms with Crippen LogP contribution < -0.4 is 14.8 Å². The van der Waals surface area contributed by atoms with E-state index < -0.39 is 6.29 Å².